The Kier molecular flexibility index (Phi) is 7.10. The molecule has 0 radical (unpaired) electrons. The molecular formula is C15H19ClF2N4O3. The summed E-state index contributed by atoms with van der Waals surface area (Å²) in [5, 5.41) is 11.2. The van der Waals surface area contributed by atoms with E-state index in [9.17, 15) is 18.4 Å². The summed E-state index contributed by atoms with van der Waals surface area (Å²) in [6.45, 7) is -1.24. The van der Waals surface area contributed by atoms with Crippen molar-refractivity contribution in [2.24, 2.45) is 0 Å². The number of rotatable bonds is 6. The van der Waals surface area contributed by atoms with Gasteiger partial charge >= 0.3 is 18.5 Å². The van der Waals surface area contributed by atoms with Gasteiger partial charge in [0.2, 0.25) is 0 Å². The van der Waals surface area contributed by atoms with Crippen molar-refractivity contribution >= 4 is 35.4 Å². The molecule has 1 aromatic carbocycles. The second-order valence-corrected chi connectivity index (χ2v) is 5.34. The molecule has 0 bridgehead atoms. The number of para-hydroxylation sites is 2. The summed E-state index contributed by atoms with van der Waals surface area (Å²) in [6, 6.07) is 5.15. The lowest BCUT2D eigenvalue weighted by Crippen LogP contribution is -2.40. The molecule has 0 saturated heterocycles. The quantitative estimate of drug-likeness (QED) is 0.811. The Bertz CT molecular complexity index is 753. The minimum absolute atomic E-state index is 0. The van der Waals surface area contributed by atoms with Crippen molar-refractivity contribution in [2.75, 3.05) is 13.6 Å². The first-order valence-electron chi connectivity index (χ1n) is 7.29. The van der Waals surface area contributed by atoms with E-state index < -0.39 is 24.6 Å². The number of benzene rings is 1. The molecule has 0 aliphatic heterocycles. The number of alkyl halides is 2. The number of urea groups is 1. The number of carboxylic acid groups (broad SMARTS) is 1. The Hall–Kier alpha value is -2.42. The van der Waals surface area contributed by atoms with E-state index in [1.54, 1.807) is 25.1 Å². The zero-order valence-electron chi connectivity index (χ0n) is 13.6. The van der Waals surface area contributed by atoms with E-state index in [-0.39, 0.29) is 36.7 Å². The second kappa shape index (κ2) is 8.61. The Morgan fingerprint density at radius 1 is 1.36 bits per heavy atom. The molecule has 0 spiro atoms. The maximum absolute atomic E-state index is 13.4. The molecule has 10 heteroatoms. The molecular weight excluding hydrogens is 358 g/mol. The minimum atomic E-state index is -2.79. The van der Waals surface area contributed by atoms with E-state index >= 15 is 0 Å². The number of hydrogen-bond acceptors (Lipinski definition) is 3. The van der Waals surface area contributed by atoms with Crippen molar-refractivity contribution in [1.82, 2.24) is 19.8 Å². The summed E-state index contributed by atoms with van der Waals surface area (Å²) in [5.74, 6) is -0.992. The van der Waals surface area contributed by atoms with Gasteiger partial charge in [-0.1, -0.05) is 12.1 Å². The van der Waals surface area contributed by atoms with Crippen LogP contribution in [0.5, 0.6) is 0 Å². The highest BCUT2D eigenvalue weighted by Crippen LogP contribution is 2.26. The molecule has 2 N–H and O–H groups in total. The standard InChI is InChI=1S/C15H18F2N4O3.ClH/c1-9(18-15(24)20(2)8-7-12(22)23)13-19-10-5-3-4-6-11(10)21(13)14(16)17;/h3-6,9,14H,7-8H2,1-2H3,(H,18,24)(H,22,23);1H. The minimum Gasteiger partial charge on any atom is -0.481 e. The van der Waals surface area contributed by atoms with Gasteiger partial charge < -0.3 is 15.3 Å². The van der Waals surface area contributed by atoms with Crippen LogP contribution >= 0.6 is 12.4 Å². The maximum Gasteiger partial charge on any atom is 0.320 e. The van der Waals surface area contributed by atoms with Crippen LogP contribution in [0.1, 0.15) is 31.8 Å². The average molecular weight is 377 g/mol. The van der Waals surface area contributed by atoms with E-state index in [2.05, 4.69) is 10.3 Å². The van der Waals surface area contributed by atoms with Crippen molar-refractivity contribution in [3.8, 4) is 0 Å². The molecule has 2 aromatic rings. The molecule has 7 nitrogen and oxygen atoms in total. The zero-order valence-corrected chi connectivity index (χ0v) is 14.5. The lowest BCUT2D eigenvalue weighted by molar-refractivity contribution is -0.137. The highest BCUT2D eigenvalue weighted by atomic mass is 35.5. The molecule has 1 unspecified atom stereocenters. The van der Waals surface area contributed by atoms with Crippen molar-refractivity contribution in [3.63, 3.8) is 0 Å². The molecule has 25 heavy (non-hydrogen) atoms. The number of fused-ring (bicyclic) bond motifs is 1. The van der Waals surface area contributed by atoms with Gasteiger partial charge in [0, 0.05) is 13.6 Å². The van der Waals surface area contributed by atoms with E-state index in [1.165, 1.54) is 18.0 Å². The number of imidazole rings is 1. The normalized spacial score (nSPS) is 11.9. The van der Waals surface area contributed by atoms with Gasteiger partial charge in [0.15, 0.2) is 0 Å². The molecule has 1 heterocycles. The predicted octanol–water partition coefficient (Wildman–Crippen LogP) is 3.03. The third kappa shape index (κ3) is 4.79. The Morgan fingerprint density at radius 2 is 2.00 bits per heavy atom. The van der Waals surface area contributed by atoms with Gasteiger partial charge in [-0.15, -0.1) is 12.4 Å². The van der Waals surface area contributed by atoms with Crippen LogP contribution in [-0.2, 0) is 4.79 Å². The molecule has 0 fully saturated rings. The number of nitrogens with zero attached hydrogens (tertiary/aromatic N) is 3. The third-order valence-electron chi connectivity index (χ3n) is 3.55. The first-order chi connectivity index (χ1) is 11.3. The van der Waals surface area contributed by atoms with Crippen molar-refractivity contribution in [1.29, 1.82) is 0 Å². The lowest BCUT2D eigenvalue weighted by Gasteiger charge is -2.21. The van der Waals surface area contributed by atoms with Crippen LogP contribution in [0.25, 0.3) is 11.0 Å². The first-order valence-corrected chi connectivity index (χ1v) is 7.29. The van der Waals surface area contributed by atoms with E-state index in [0.717, 1.165) is 4.57 Å². The molecule has 0 aliphatic carbocycles. The summed E-state index contributed by atoms with van der Waals surface area (Å²) in [7, 11) is 1.43. The maximum atomic E-state index is 13.4. The number of nitrogens with one attached hydrogen (secondary N) is 1. The van der Waals surface area contributed by atoms with Gasteiger partial charge in [-0.25, -0.2) is 9.78 Å². The molecule has 0 aliphatic rings. The van der Waals surface area contributed by atoms with Crippen molar-refractivity contribution < 1.29 is 23.5 Å². The molecule has 2 amide bonds. The Morgan fingerprint density at radius 3 is 2.60 bits per heavy atom. The van der Waals surface area contributed by atoms with Gasteiger partial charge in [0.05, 0.1) is 23.5 Å². The molecule has 138 valence electrons. The molecule has 1 aromatic heterocycles. The number of aromatic nitrogens is 2. The number of halogens is 3. The summed E-state index contributed by atoms with van der Waals surface area (Å²) >= 11 is 0. The monoisotopic (exact) mass is 376 g/mol. The number of carboxylic acids is 1. The van der Waals surface area contributed by atoms with Crippen LogP contribution in [0.15, 0.2) is 24.3 Å². The Balaban J connectivity index is 0.00000312. The fourth-order valence-corrected chi connectivity index (χ4v) is 2.30. The highest BCUT2D eigenvalue weighted by Gasteiger charge is 2.23. The van der Waals surface area contributed by atoms with Crippen molar-refractivity contribution in [3.05, 3.63) is 30.1 Å². The van der Waals surface area contributed by atoms with E-state index in [4.69, 9.17) is 5.11 Å². The second-order valence-electron chi connectivity index (χ2n) is 5.34. The van der Waals surface area contributed by atoms with Crippen LogP contribution in [-0.4, -0.2) is 45.2 Å². The smallest absolute Gasteiger partial charge is 0.320 e. The SMILES string of the molecule is CC(NC(=O)N(C)CCC(=O)O)c1nc2ccccc2n1C(F)F.Cl. The summed E-state index contributed by atoms with van der Waals surface area (Å²) in [4.78, 5) is 27.9. The number of hydrogen-bond donors (Lipinski definition) is 2. The third-order valence-corrected chi connectivity index (χ3v) is 3.55. The summed E-state index contributed by atoms with van der Waals surface area (Å²) in [5.41, 5.74) is 0.691. The van der Waals surface area contributed by atoms with Gasteiger partial charge in [-0.05, 0) is 19.1 Å². The Labute approximate surface area is 149 Å². The molecule has 0 saturated carbocycles. The van der Waals surface area contributed by atoms with Gasteiger partial charge in [-0.2, -0.15) is 8.78 Å². The van der Waals surface area contributed by atoms with Crippen LogP contribution in [0.2, 0.25) is 0 Å². The fraction of sp³-hybridized carbons (Fsp3) is 0.400. The van der Waals surface area contributed by atoms with Crippen molar-refractivity contribution in [2.45, 2.75) is 25.9 Å². The van der Waals surface area contributed by atoms with E-state index in [1.807, 2.05) is 0 Å². The number of carbonyl (C=O) groups is 2. The largest absolute Gasteiger partial charge is 0.481 e. The number of carbonyl (C=O) groups excluding carboxylic acids is 1. The van der Waals surface area contributed by atoms with Crippen LogP contribution in [0.4, 0.5) is 13.6 Å². The van der Waals surface area contributed by atoms with Crippen LogP contribution in [0.3, 0.4) is 0 Å². The summed E-state index contributed by atoms with van der Waals surface area (Å²) < 4.78 is 27.6. The average Bonchev–Trinajstić information content (AvgIpc) is 2.92. The number of amides is 2. The van der Waals surface area contributed by atoms with E-state index in [0.29, 0.717) is 5.52 Å². The first kappa shape index (κ1) is 20.6. The van der Waals surface area contributed by atoms with Crippen LogP contribution < -0.4 is 5.32 Å². The van der Waals surface area contributed by atoms with Gasteiger partial charge in [0.25, 0.3) is 0 Å². The van der Waals surface area contributed by atoms with Gasteiger partial charge in [-0.3, -0.25) is 9.36 Å². The van der Waals surface area contributed by atoms with Gasteiger partial charge in [0.1, 0.15) is 5.82 Å². The van der Waals surface area contributed by atoms with Crippen LogP contribution in [0, 0.1) is 0 Å². The number of aliphatic carboxylic acids is 1. The fourth-order valence-electron chi connectivity index (χ4n) is 2.30. The zero-order chi connectivity index (χ0) is 17.9. The highest BCUT2D eigenvalue weighted by molar-refractivity contribution is 5.85. The predicted molar refractivity (Wildman–Crippen MR) is 90.1 cm³/mol. The lowest BCUT2D eigenvalue weighted by atomic mass is 10.3. The molecule has 2 rings (SSSR count). The summed E-state index contributed by atoms with van der Waals surface area (Å²) in [6.07, 6.45) is -0.201. The molecule has 1 atom stereocenters. The topological polar surface area (TPSA) is 87.5 Å².